The van der Waals surface area contributed by atoms with E-state index in [9.17, 15) is 0 Å². The SMILES string of the molecule is CC(N)(C#N)CCN1CCC(C(C)(C)C)CC1. The summed E-state index contributed by atoms with van der Waals surface area (Å²) in [6, 6.07) is 2.17. The summed E-state index contributed by atoms with van der Waals surface area (Å²) in [5.74, 6) is 0.832. The summed E-state index contributed by atoms with van der Waals surface area (Å²) in [6.45, 7) is 12.1. The van der Waals surface area contributed by atoms with E-state index < -0.39 is 5.54 Å². The highest BCUT2D eigenvalue weighted by molar-refractivity contribution is 5.01. The van der Waals surface area contributed by atoms with Gasteiger partial charge >= 0.3 is 0 Å². The Bertz CT molecular complexity index is 275. The van der Waals surface area contributed by atoms with Crippen LogP contribution < -0.4 is 5.73 Å². The molecule has 0 aliphatic carbocycles. The second-order valence-electron chi connectivity index (χ2n) is 6.76. The molecule has 1 saturated heterocycles. The molecule has 2 N–H and O–H groups in total. The fourth-order valence-corrected chi connectivity index (χ4v) is 2.47. The zero-order valence-electron chi connectivity index (χ0n) is 11.8. The van der Waals surface area contributed by atoms with Gasteiger partial charge in [0, 0.05) is 6.54 Å². The minimum Gasteiger partial charge on any atom is -0.314 e. The quantitative estimate of drug-likeness (QED) is 0.820. The lowest BCUT2D eigenvalue weighted by Crippen LogP contribution is -2.43. The molecule has 0 aromatic heterocycles. The Morgan fingerprint density at radius 1 is 1.24 bits per heavy atom. The number of hydrogen-bond acceptors (Lipinski definition) is 3. The summed E-state index contributed by atoms with van der Waals surface area (Å²) in [5.41, 5.74) is 5.61. The van der Waals surface area contributed by atoms with Crippen LogP contribution in [-0.4, -0.2) is 30.1 Å². The van der Waals surface area contributed by atoms with Gasteiger partial charge in [-0.25, -0.2) is 0 Å². The van der Waals surface area contributed by atoms with Gasteiger partial charge in [-0.05, 0) is 50.6 Å². The second-order valence-corrected chi connectivity index (χ2v) is 6.76. The molecule has 1 atom stereocenters. The monoisotopic (exact) mass is 237 g/mol. The van der Waals surface area contributed by atoms with Crippen LogP contribution in [0.15, 0.2) is 0 Å². The van der Waals surface area contributed by atoms with Crippen LogP contribution in [0, 0.1) is 22.7 Å². The number of nitrogens with zero attached hydrogens (tertiary/aromatic N) is 2. The molecule has 98 valence electrons. The van der Waals surface area contributed by atoms with Crippen LogP contribution in [0.25, 0.3) is 0 Å². The summed E-state index contributed by atoms with van der Waals surface area (Å²) < 4.78 is 0. The van der Waals surface area contributed by atoms with Crippen molar-refractivity contribution in [2.75, 3.05) is 19.6 Å². The van der Waals surface area contributed by atoms with Crippen LogP contribution in [0.5, 0.6) is 0 Å². The van der Waals surface area contributed by atoms with Gasteiger partial charge in [0.1, 0.15) is 5.54 Å². The molecular weight excluding hydrogens is 210 g/mol. The summed E-state index contributed by atoms with van der Waals surface area (Å²) in [5, 5.41) is 8.88. The first-order valence-electron chi connectivity index (χ1n) is 6.67. The van der Waals surface area contributed by atoms with E-state index in [1.807, 2.05) is 6.92 Å². The highest BCUT2D eigenvalue weighted by Crippen LogP contribution is 2.34. The Kier molecular flexibility index (Phi) is 4.57. The van der Waals surface area contributed by atoms with Crippen molar-refractivity contribution in [2.24, 2.45) is 17.1 Å². The third-order valence-corrected chi connectivity index (χ3v) is 4.02. The largest absolute Gasteiger partial charge is 0.314 e. The highest BCUT2D eigenvalue weighted by atomic mass is 15.1. The minimum absolute atomic E-state index is 0.432. The van der Waals surface area contributed by atoms with E-state index in [4.69, 9.17) is 11.0 Å². The molecule has 3 nitrogen and oxygen atoms in total. The highest BCUT2D eigenvalue weighted by Gasteiger charge is 2.29. The second kappa shape index (κ2) is 5.37. The van der Waals surface area contributed by atoms with E-state index >= 15 is 0 Å². The topological polar surface area (TPSA) is 53.1 Å². The third-order valence-electron chi connectivity index (χ3n) is 4.02. The molecule has 0 amide bonds. The van der Waals surface area contributed by atoms with Crippen molar-refractivity contribution in [3.63, 3.8) is 0 Å². The van der Waals surface area contributed by atoms with Gasteiger partial charge in [-0.3, -0.25) is 0 Å². The number of nitrogens with two attached hydrogens (primary N) is 1. The molecule has 0 radical (unpaired) electrons. The van der Waals surface area contributed by atoms with Gasteiger partial charge in [-0.2, -0.15) is 5.26 Å². The molecule has 1 heterocycles. The standard InChI is InChI=1S/C14H27N3/c1-13(2,3)12-5-8-17(9-6-12)10-7-14(4,16)11-15/h12H,5-10,16H2,1-4H3. The molecule has 1 aliphatic heterocycles. The van der Waals surface area contributed by atoms with Gasteiger partial charge in [-0.15, -0.1) is 0 Å². The number of rotatable bonds is 3. The molecule has 0 spiro atoms. The van der Waals surface area contributed by atoms with Crippen LogP contribution >= 0.6 is 0 Å². The maximum absolute atomic E-state index is 8.88. The van der Waals surface area contributed by atoms with Gasteiger partial charge in [0.2, 0.25) is 0 Å². The fraction of sp³-hybridized carbons (Fsp3) is 0.929. The van der Waals surface area contributed by atoms with Gasteiger partial charge in [0.25, 0.3) is 0 Å². The lowest BCUT2D eigenvalue weighted by atomic mass is 9.75. The van der Waals surface area contributed by atoms with Gasteiger partial charge in [0.15, 0.2) is 0 Å². The average molecular weight is 237 g/mol. The van der Waals surface area contributed by atoms with E-state index in [0.717, 1.165) is 32.0 Å². The third kappa shape index (κ3) is 4.65. The number of hydrogen-bond donors (Lipinski definition) is 1. The molecule has 0 saturated carbocycles. The smallest absolute Gasteiger partial charge is 0.102 e. The fourth-order valence-electron chi connectivity index (χ4n) is 2.47. The lowest BCUT2D eigenvalue weighted by molar-refractivity contribution is 0.109. The molecule has 1 rings (SSSR count). The average Bonchev–Trinajstić information content (AvgIpc) is 2.26. The Morgan fingerprint density at radius 3 is 2.18 bits per heavy atom. The van der Waals surface area contributed by atoms with Crippen LogP contribution in [0.2, 0.25) is 0 Å². The summed E-state index contributed by atoms with van der Waals surface area (Å²) in [4.78, 5) is 2.45. The molecular formula is C14H27N3. The van der Waals surface area contributed by atoms with E-state index in [1.54, 1.807) is 0 Å². The number of piperidine rings is 1. The normalized spacial score (nSPS) is 23.1. The lowest BCUT2D eigenvalue weighted by Gasteiger charge is -2.39. The molecule has 1 aliphatic rings. The minimum atomic E-state index is -0.666. The molecule has 0 bridgehead atoms. The predicted octanol–water partition coefficient (Wildman–Crippen LogP) is 2.38. The van der Waals surface area contributed by atoms with E-state index in [0.29, 0.717) is 5.41 Å². The maximum Gasteiger partial charge on any atom is 0.102 e. The van der Waals surface area contributed by atoms with Crippen molar-refractivity contribution >= 4 is 0 Å². The van der Waals surface area contributed by atoms with Gasteiger partial charge in [-0.1, -0.05) is 20.8 Å². The van der Waals surface area contributed by atoms with Crippen molar-refractivity contribution in [3.8, 4) is 6.07 Å². The van der Waals surface area contributed by atoms with Crippen molar-refractivity contribution < 1.29 is 0 Å². The van der Waals surface area contributed by atoms with Crippen molar-refractivity contribution in [3.05, 3.63) is 0 Å². The Hall–Kier alpha value is -0.590. The van der Waals surface area contributed by atoms with Gasteiger partial charge < -0.3 is 10.6 Å². The Balaban J connectivity index is 2.32. The first kappa shape index (κ1) is 14.5. The molecule has 17 heavy (non-hydrogen) atoms. The van der Waals surface area contributed by atoms with Crippen molar-refractivity contribution in [1.29, 1.82) is 5.26 Å². The summed E-state index contributed by atoms with van der Waals surface area (Å²) in [7, 11) is 0. The molecule has 0 aromatic carbocycles. The number of nitriles is 1. The van der Waals surface area contributed by atoms with Crippen LogP contribution in [0.4, 0.5) is 0 Å². The molecule has 1 fully saturated rings. The van der Waals surface area contributed by atoms with E-state index in [1.165, 1.54) is 12.8 Å². The first-order chi connectivity index (χ1) is 7.74. The van der Waals surface area contributed by atoms with E-state index in [-0.39, 0.29) is 0 Å². The zero-order chi connectivity index (χ0) is 13.1. The maximum atomic E-state index is 8.88. The van der Waals surface area contributed by atoms with E-state index in [2.05, 4.69) is 31.7 Å². The molecule has 0 aromatic rings. The number of likely N-dealkylation sites (tertiary alicyclic amines) is 1. The predicted molar refractivity (Wildman–Crippen MR) is 71.4 cm³/mol. The van der Waals surface area contributed by atoms with Crippen LogP contribution in [0.1, 0.15) is 47.0 Å². The van der Waals surface area contributed by atoms with Crippen molar-refractivity contribution in [1.82, 2.24) is 4.90 Å². The van der Waals surface area contributed by atoms with Crippen LogP contribution in [0.3, 0.4) is 0 Å². The zero-order valence-corrected chi connectivity index (χ0v) is 11.8. The Morgan fingerprint density at radius 2 is 1.76 bits per heavy atom. The van der Waals surface area contributed by atoms with Crippen LogP contribution in [-0.2, 0) is 0 Å². The molecule has 1 unspecified atom stereocenters. The van der Waals surface area contributed by atoms with Crippen molar-refractivity contribution in [2.45, 2.75) is 52.5 Å². The molecule has 3 heteroatoms. The first-order valence-corrected chi connectivity index (χ1v) is 6.67. The summed E-state index contributed by atoms with van der Waals surface area (Å²) in [6.07, 6.45) is 3.32. The Labute approximate surface area is 106 Å². The summed E-state index contributed by atoms with van der Waals surface area (Å²) >= 11 is 0. The van der Waals surface area contributed by atoms with Gasteiger partial charge in [0.05, 0.1) is 6.07 Å².